The third kappa shape index (κ3) is 5.39. The lowest BCUT2D eigenvalue weighted by Crippen LogP contribution is -2.43. The SMILES string of the molecule is C=C(N=C(CC)N=CN1C(=S)N(c2ccc(C#N)c(C(F)(F)F)c2)C(=O)C1(C)C)/C(F)=C\CC. The van der Waals surface area contributed by atoms with Gasteiger partial charge in [-0.3, -0.25) is 14.6 Å². The molecule has 1 fully saturated rings. The second kappa shape index (κ2) is 10.3. The largest absolute Gasteiger partial charge is 0.417 e. The van der Waals surface area contributed by atoms with Crippen LogP contribution in [0.25, 0.3) is 0 Å². The summed E-state index contributed by atoms with van der Waals surface area (Å²) >= 11 is 5.39. The number of thiocarbonyl (C=S) groups is 1. The molecule has 11 heteroatoms. The van der Waals surface area contributed by atoms with Crippen molar-refractivity contribution in [1.82, 2.24) is 4.90 Å². The van der Waals surface area contributed by atoms with Gasteiger partial charge in [-0.05, 0) is 56.8 Å². The Bertz CT molecular complexity index is 1140. The Morgan fingerprint density at radius 3 is 2.50 bits per heavy atom. The van der Waals surface area contributed by atoms with Crippen molar-refractivity contribution in [2.75, 3.05) is 4.90 Å². The highest BCUT2D eigenvalue weighted by Gasteiger charge is 2.49. The van der Waals surface area contributed by atoms with Gasteiger partial charge in [-0.25, -0.2) is 14.4 Å². The summed E-state index contributed by atoms with van der Waals surface area (Å²) in [4.78, 5) is 23.7. The normalized spacial score (nSPS) is 17.0. The summed E-state index contributed by atoms with van der Waals surface area (Å²) in [5, 5.41) is 8.90. The van der Waals surface area contributed by atoms with Crippen LogP contribution in [0.1, 0.15) is 51.7 Å². The maximum absolute atomic E-state index is 13.9. The highest BCUT2D eigenvalue weighted by Crippen LogP contribution is 2.37. The number of aliphatic imine (C=N–C) groups is 2. The highest BCUT2D eigenvalue weighted by atomic mass is 32.1. The average Bonchev–Trinajstić information content (AvgIpc) is 2.94. The summed E-state index contributed by atoms with van der Waals surface area (Å²) in [6.45, 7) is 10.1. The first-order valence-corrected chi connectivity index (χ1v) is 10.7. The van der Waals surface area contributed by atoms with Crippen LogP contribution in [0, 0.1) is 11.3 Å². The molecule has 1 aromatic rings. The van der Waals surface area contributed by atoms with E-state index in [-0.39, 0.29) is 22.3 Å². The number of amidine groups is 1. The maximum atomic E-state index is 13.9. The minimum atomic E-state index is -4.79. The average molecular weight is 494 g/mol. The summed E-state index contributed by atoms with van der Waals surface area (Å²) in [7, 11) is 0. The highest BCUT2D eigenvalue weighted by molar-refractivity contribution is 7.80. The zero-order chi connectivity index (χ0) is 25.8. The van der Waals surface area contributed by atoms with Gasteiger partial charge in [0.25, 0.3) is 5.91 Å². The number of amides is 1. The molecule has 0 radical (unpaired) electrons. The van der Waals surface area contributed by atoms with Crippen LogP contribution >= 0.6 is 12.2 Å². The summed E-state index contributed by atoms with van der Waals surface area (Å²) in [6.07, 6.45) is -1.45. The first-order valence-electron chi connectivity index (χ1n) is 10.2. The maximum Gasteiger partial charge on any atom is 0.417 e. The van der Waals surface area contributed by atoms with Crippen LogP contribution in [0.15, 0.2) is 52.4 Å². The van der Waals surface area contributed by atoms with Gasteiger partial charge in [0.2, 0.25) is 0 Å². The summed E-state index contributed by atoms with van der Waals surface area (Å²) in [5.41, 5.74) is -3.26. The van der Waals surface area contributed by atoms with Gasteiger partial charge in [-0.1, -0.05) is 20.4 Å². The monoisotopic (exact) mass is 493 g/mol. The first-order chi connectivity index (χ1) is 15.8. The van der Waals surface area contributed by atoms with Crippen LogP contribution in [0.2, 0.25) is 0 Å². The van der Waals surface area contributed by atoms with E-state index in [0.717, 1.165) is 11.0 Å². The molecule has 180 valence electrons. The van der Waals surface area contributed by atoms with Crippen LogP contribution in [-0.4, -0.2) is 33.6 Å². The molecule has 6 nitrogen and oxygen atoms in total. The molecule has 34 heavy (non-hydrogen) atoms. The van der Waals surface area contributed by atoms with E-state index in [1.54, 1.807) is 13.8 Å². The van der Waals surface area contributed by atoms with Gasteiger partial charge in [0, 0.05) is 6.42 Å². The third-order valence-electron chi connectivity index (χ3n) is 4.97. The van der Waals surface area contributed by atoms with Crippen molar-refractivity contribution < 1.29 is 22.4 Å². The van der Waals surface area contributed by atoms with E-state index >= 15 is 0 Å². The number of hydrogen-bond acceptors (Lipinski definition) is 4. The molecule has 1 heterocycles. The van der Waals surface area contributed by atoms with Gasteiger partial charge in [0.1, 0.15) is 17.2 Å². The molecule has 1 saturated heterocycles. The second-order valence-corrected chi connectivity index (χ2v) is 8.09. The van der Waals surface area contributed by atoms with Gasteiger partial charge >= 0.3 is 6.18 Å². The summed E-state index contributed by atoms with van der Waals surface area (Å²) in [5.74, 6) is -0.951. The zero-order valence-corrected chi connectivity index (χ0v) is 19.9. The van der Waals surface area contributed by atoms with Crippen LogP contribution in [0.5, 0.6) is 0 Å². The topological polar surface area (TPSA) is 72.1 Å². The Kier molecular flexibility index (Phi) is 8.10. The van der Waals surface area contributed by atoms with Crippen LogP contribution in [0.3, 0.4) is 0 Å². The molecule has 0 aliphatic carbocycles. The molecule has 1 aromatic carbocycles. The number of carbonyl (C=O) groups excluding carboxylic acids is 1. The predicted molar refractivity (Wildman–Crippen MR) is 127 cm³/mol. The second-order valence-electron chi connectivity index (χ2n) is 7.72. The number of allylic oxidation sites excluding steroid dienone is 2. The molecule has 0 atom stereocenters. The quantitative estimate of drug-likeness (QED) is 0.163. The van der Waals surface area contributed by atoms with Crippen molar-refractivity contribution in [1.29, 1.82) is 5.26 Å². The van der Waals surface area contributed by atoms with Crippen molar-refractivity contribution in [3.05, 3.63) is 53.5 Å². The van der Waals surface area contributed by atoms with Crippen LogP contribution < -0.4 is 4.90 Å². The van der Waals surface area contributed by atoms with Crippen molar-refractivity contribution in [3.8, 4) is 6.07 Å². The number of anilines is 1. The number of benzene rings is 1. The van der Waals surface area contributed by atoms with Crippen molar-refractivity contribution in [3.63, 3.8) is 0 Å². The minimum Gasteiger partial charge on any atom is -0.294 e. The van der Waals surface area contributed by atoms with E-state index in [4.69, 9.17) is 17.5 Å². The van der Waals surface area contributed by atoms with Crippen LogP contribution in [0.4, 0.5) is 23.2 Å². The fourth-order valence-corrected chi connectivity index (χ4v) is 3.53. The van der Waals surface area contributed by atoms with Gasteiger partial charge in [0.15, 0.2) is 5.11 Å². The van der Waals surface area contributed by atoms with Gasteiger partial charge < -0.3 is 0 Å². The molecule has 0 saturated carbocycles. The standard InChI is InChI=1S/C23H23F4N5OS/c1-6-8-18(24)14(3)30-19(7-2)29-13-31-21(34)32(20(33)22(31,4)5)16-10-9-15(12-28)17(11-16)23(25,26)27/h8-11,13H,3,6-7H2,1-2,4-5H3/b18-8+,29-13?,30-19?. The number of rotatable bonds is 6. The van der Waals surface area contributed by atoms with Crippen molar-refractivity contribution in [2.45, 2.75) is 52.3 Å². The lowest BCUT2D eigenvalue weighted by molar-refractivity contribution is -0.137. The summed E-state index contributed by atoms with van der Waals surface area (Å²) < 4.78 is 54.1. The lowest BCUT2D eigenvalue weighted by Gasteiger charge is -2.24. The van der Waals surface area contributed by atoms with Gasteiger partial charge in [-0.15, -0.1) is 0 Å². The van der Waals surface area contributed by atoms with E-state index < -0.39 is 34.6 Å². The molecule has 1 aliphatic heterocycles. The number of alkyl halides is 3. The molecule has 0 unspecified atom stereocenters. The molecule has 2 rings (SSSR count). The van der Waals surface area contributed by atoms with E-state index in [1.165, 1.54) is 43.3 Å². The van der Waals surface area contributed by atoms with Crippen molar-refractivity contribution >= 4 is 41.1 Å². The minimum absolute atomic E-state index is 0.103. The zero-order valence-electron chi connectivity index (χ0n) is 19.1. The Morgan fingerprint density at radius 1 is 1.32 bits per heavy atom. The van der Waals surface area contributed by atoms with E-state index in [2.05, 4.69) is 16.6 Å². The molecule has 1 aliphatic rings. The first kappa shape index (κ1) is 26.9. The third-order valence-corrected chi connectivity index (χ3v) is 5.35. The Hall–Kier alpha value is -3.39. The van der Waals surface area contributed by atoms with Crippen LogP contribution in [-0.2, 0) is 11.0 Å². The molecule has 1 amide bonds. The smallest absolute Gasteiger partial charge is 0.294 e. The molecule has 0 aromatic heterocycles. The fraction of sp³-hybridized carbons (Fsp3) is 0.348. The Balaban J connectivity index is 2.45. The predicted octanol–water partition coefficient (Wildman–Crippen LogP) is 5.90. The number of hydrogen-bond donors (Lipinski definition) is 0. The Labute approximate surface area is 200 Å². The van der Waals surface area contributed by atoms with E-state index in [1.807, 2.05) is 0 Å². The lowest BCUT2D eigenvalue weighted by atomic mass is 10.0. The number of halogens is 4. The van der Waals surface area contributed by atoms with E-state index in [9.17, 15) is 22.4 Å². The molecule has 0 N–H and O–H groups in total. The van der Waals surface area contributed by atoms with Gasteiger partial charge in [-0.2, -0.15) is 18.4 Å². The molecule has 0 bridgehead atoms. The van der Waals surface area contributed by atoms with E-state index in [0.29, 0.717) is 18.9 Å². The number of nitriles is 1. The number of carbonyl (C=O) groups is 1. The summed E-state index contributed by atoms with van der Waals surface area (Å²) in [6, 6.07) is 4.42. The van der Waals surface area contributed by atoms with Gasteiger partial charge in [0.05, 0.1) is 34.9 Å². The number of nitrogens with zero attached hydrogens (tertiary/aromatic N) is 5. The molecular weight excluding hydrogens is 470 g/mol. The molecular formula is C23H23F4N5OS. The Morgan fingerprint density at radius 2 is 1.97 bits per heavy atom. The molecule has 0 spiro atoms. The fourth-order valence-electron chi connectivity index (χ4n) is 3.06. The van der Waals surface area contributed by atoms with Crippen molar-refractivity contribution in [2.24, 2.45) is 9.98 Å².